The first-order valence-electron chi connectivity index (χ1n) is 8.94. The summed E-state index contributed by atoms with van der Waals surface area (Å²) in [6, 6.07) is 6.52. The normalized spacial score (nSPS) is 11.9. The molecule has 0 spiro atoms. The van der Waals surface area contributed by atoms with Crippen LogP contribution in [0.2, 0.25) is 0 Å². The summed E-state index contributed by atoms with van der Waals surface area (Å²) >= 11 is 0. The van der Waals surface area contributed by atoms with E-state index in [1.165, 1.54) is 12.1 Å². The highest BCUT2D eigenvalue weighted by atomic mass is 19.1. The van der Waals surface area contributed by atoms with Gasteiger partial charge in [0.05, 0.1) is 6.61 Å². The Labute approximate surface area is 150 Å². The largest absolute Gasteiger partial charge is 0.392 e. The number of aliphatic hydroxyl groups excluding tert-OH is 1. The van der Waals surface area contributed by atoms with Crippen molar-refractivity contribution in [2.45, 2.75) is 59.5 Å². The molecule has 2 aromatic rings. The Hall–Kier alpha value is -2.00. The van der Waals surface area contributed by atoms with Crippen LogP contribution in [0, 0.1) is 5.82 Å². The van der Waals surface area contributed by atoms with Crippen LogP contribution in [-0.2, 0) is 13.0 Å². The van der Waals surface area contributed by atoms with Crippen LogP contribution in [0.5, 0.6) is 0 Å². The van der Waals surface area contributed by atoms with Gasteiger partial charge in [0.15, 0.2) is 0 Å². The van der Waals surface area contributed by atoms with Gasteiger partial charge in [-0.05, 0) is 54.0 Å². The minimum Gasteiger partial charge on any atom is -0.392 e. The molecule has 0 saturated carbocycles. The molecule has 0 aliphatic carbocycles. The smallest absolute Gasteiger partial charge is 0.123 e. The van der Waals surface area contributed by atoms with Crippen LogP contribution in [0.1, 0.15) is 69.0 Å². The predicted molar refractivity (Wildman–Crippen MR) is 102 cm³/mol. The third-order valence-electron chi connectivity index (χ3n) is 4.41. The van der Waals surface area contributed by atoms with Gasteiger partial charge in [0.1, 0.15) is 5.82 Å². The molecule has 0 radical (unpaired) electrons. The topological polar surface area (TPSA) is 33.1 Å². The summed E-state index contributed by atoms with van der Waals surface area (Å²) in [7, 11) is 0. The Bertz CT molecular complexity index is 746. The monoisotopic (exact) mass is 341 g/mol. The lowest BCUT2D eigenvalue weighted by molar-refractivity contribution is 0.279. The van der Waals surface area contributed by atoms with Gasteiger partial charge in [-0.25, -0.2) is 4.39 Å². The SMILES string of the molecule is CC=CCc1c(C(C)C)nc(C(C)C)c(CO)c1-c1ccc(F)cc1. The van der Waals surface area contributed by atoms with E-state index in [4.69, 9.17) is 4.98 Å². The van der Waals surface area contributed by atoms with Gasteiger partial charge in [-0.15, -0.1) is 0 Å². The van der Waals surface area contributed by atoms with Gasteiger partial charge in [0.25, 0.3) is 0 Å². The van der Waals surface area contributed by atoms with Gasteiger partial charge >= 0.3 is 0 Å². The molecular weight excluding hydrogens is 313 g/mol. The van der Waals surface area contributed by atoms with E-state index in [2.05, 4.69) is 33.8 Å². The third kappa shape index (κ3) is 4.16. The first-order valence-corrected chi connectivity index (χ1v) is 8.94. The summed E-state index contributed by atoms with van der Waals surface area (Å²) in [4.78, 5) is 4.93. The molecule has 0 bridgehead atoms. The van der Waals surface area contributed by atoms with Crippen molar-refractivity contribution in [3.63, 3.8) is 0 Å². The standard InChI is InChI=1S/C22H28FNO/c1-6-7-8-18-20(16-9-11-17(23)12-10-16)19(13-25)22(15(4)5)24-21(18)14(2)3/h6-7,9-12,14-15,25H,8,13H2,1-5H3. The molecule has 1 aromatic heterocycles. The Kier molecular flexibility index (Phi) is 6.49. The molecule has 1 heterocycles. The summed E-state index contributed by atoms with van der Waals surface area (Å²) in [5.41, 5.74) is 5.88. The highest BCUT2D eigenvalue weighted by molar-refractivity contribution is 5.73. The number of pyridine rings is 1. The summed E-state index contributed by atoms with van der Waals surface area (Å²) in [6.07, 6.45) is 4.87. The molecule has 0 atom stereocenters. The zero-order valence-electron chi connectivity index (χ0n) is 15.8. The van der Waals surface area contributed by atoms with Crippen LogP contribution in [0.15, 0.2) is 36.4 Å². The van der Waals surface area contributed by atoms with Crippen LogP contribution >= 0.6 is 0 Å². The summed E-state index contributed by atoms with van der Waals surface area (Å²) in [6.45, 7) is 10.4. The average Bonchev–Trinajstić information content (AvgIpc) is 2.58. The summed E-state index contributed by atoms with van der Waals surface area (Å²) in [5, 5.41) is 10.1. The second-order valence-corrected chi connectivity index (χ2v) is 6.96. The van der Waals surface area contributed by atoms with Gasteiger partial charge < -0.3 is 5.11 Å². The molecule has 0 aliphatic heterocycles. The van der Waals surface area contributed by atoms with Crippen LogP contribution in [-0.4, -0.2) is 10.1 Å². The predicted octanol–water partition coefficient (Wildman–Crippen LogP) is 5.75. The number of benzene rings is 1. The van der Waals surface area contributed by atoms with Gasteiger partial charge in [-0.3, -0.25) is 4.98 Å². The first-order chi connectivity index (χ1) is 11.9. The van der Waals surface area contributed by atoms with E-state index in [1.807, 2.05) is 13.0 Å². The van der Waals surface area contributed by atoms with E-state index in [0.29, 0.717) is 0 Å². The van der Waals surface area contributed by atoms with Crippen molar-refractivity contribution in [2.75, 3.05) is 0 Å². The highest BCUT2D eigenvalue weighted by Crippen LogP contribution is 2.37. The van der Waals surface area contributed by atoms with Gasteiger partial charge in [-0.2, -0.15) is 0 Å². The van der Waals surface area contributed by atoms with Crippen molar-refractivity contribution in [2.24, 2.45) is 0 Å². The fraction of sp³-hybridized carbons (Fsp3) is 0.409. The Balaban J connectivity index is 2.88. The Morgan fingerprint density at radius 2 is 1.56 bits per heavy atom. The molecule has 3 heteroatoms. The van der Waals surface area contributed by atoms with Crippen LogP contribution in [0.25, 0.3) is 11.1 Å². The zero-order valence-corrected chi connectivity index (χ0v) is 15.8. The lowest BCUT2D eigenvalue weighted by Gasteiger charge is -2.23. The van der Waals surface area contributed by atoms with Gasteiger partial charge in [-0.1, -0.05) is 52.0 Å². The number of aromatic nitrogens is 1. The lowest BCUT2D eigenvalue weighted by Crippen LogP contribution is -2.12. The molecule has 134 valence electrons. The molecule has 2 nitrogen and oxygen atoms in total. The number of nitrogens with zero attached hydrogens (tertiary/aromatic N) is 1. The molecule has 0 aliphatic rings. The maximum absolute atomic E-state index is 13.4. The quantitative estimate of drug-likeness (QED) is 0.679. The lowest BCUT2D eigenvalue weighted by atomic mass is 9.86. The number of hydrogen-bond acceptors (Lipinski definition) is 2. The van der Waals surface area contributed by atoms with Crippen molar-refractivity contribution in [3.05, 3.63) is 64.7 Å². The molecule has 25 heavy (non-hydrogen) atoms. The van der Waals surface area contributed by atoms with E-state index in [9.17, 15) is 9.50 Å². The molecule has 0 unspecified atom stereocenters. The van der Waals surface area contributed by atoms with Crippen molar-refractivity contribution in [1.29, 1.82) is 0 Å². The van der Waals surface area contributed by atoms with Crippen LogP contribution < -0.4 is 0 Å². The molecular formula is C22H28FNO. The maximum atomic E-state index is 13.4. The first kappa shape index (κ1) is 19.3. The molecule has 0 fully saturated rings. The summed E-state index contributed by atoms with van der Waals surface area (Å²) < 4.78 is 13.4. The fourth-order valence-corrected chi connectivity index (χ4v) is 3.23. The molecule has 2 rings (SSSR count). The molecule has 0 amide bonds. The van der Waals surface area contributed by atoms with Gasteiger partial charge in [0.2, 0.25) is 0 Å². The van der Waals surface area contributed by atoms with E-state index >= 15 is 0 Å². The number of aliphatic hydroxyl groups is 1. The number of allylic oxidation sites excluding steroid dienone is 2. The third-order valence-corrected chi connectivity index (χ3v) is 4.41. The van der Waals surface area contributed by atoms with E-state index in [-0.39, 0.29) is 24.3 Å². The second-order valence-electron chi connectivity index (χ2n) is 6.96. The summed E-state index contributed by atoms with van der Waals surface area (Å²) in [5.74, 6) is 0.214. The van der Waals surface area contributed by atoms with Gasteiger partial charge in [0, 0.05) is 17.0 Å². The van der Waals surface area contributed by atoms with Crippen molar-refractivity contribution < 1.29 is 9.50 Å². The number of rotatable bonds is 6. The molecule has 0 saturated heterocycles. The van der Waals surface area contributed by atoms with Crippen molar-refractivity contribution in [3.8, 4) is 11.1 Å². The van der Waals surface area contributed by atoms with Crippen molar-refractivity contribution >= 4 is 0 Å². The molecule has 1 aromatic carbocycles. The fourth-order valence-electron chi connectivity index (χ4n) is 3.23. The second kappa shape index (κ2) is 8.39. The van der Waals surface area contributed by atoms with E-state index in [1.54, 1.807) is 12.1 Å². The number of hydrogen-bond donors (Lipinski definition) is 1. The van der Waals surface area contributed by atoms with E-state index in [0.717, 1.165) is 40.1 Å². The minimum absolute atomic E-state index is 0.0750. The highest BCUT2D eigenvalue weighted by Gasteiger charge is 2.22. The Morgan fingerprint density at radius 3 is 2.04 bits per heavy atom. The van der Waals surface area contributed by atoms with Crippen LogP contribution in [0.3, 0.4) is 0 Å². The molecule has 1 N–H and O–H groups in total. The Morgan fingerprint density at radius 1 is 1.00 bits per heavy atom. The average molecular weight is 341 g/mol. The zero-order chi connectivity index (χ0) is 18.6. The minimum atomic E-state index is -0.258. The van der Waals surface area contributed by atoms with Crippen LogP contribution in [0.4, 0.5) is 4.39 Å². The number of halogens is 1. The van der Waals surface area contributed by atoms with E-state index < -0.39 is 0 Å². The maximum Gasteiger partial charge on any atom is 0.123 e. The van der Waals surface area contributed by atoms with Crippen molar-refractivity contribution in [1.82, 2.24) is 4.98 Å².